The third-order valence-corrected chi connectivity index (χ3v) is 5.00. The van der Waals surface area contributed by atoms with Crippen LogP contribution in [0.25, 0.3) is 6.08 Å². The number of nitrogens with zero attached hydrogens (tertiary/aromatic N) is 3. The lowest BCUT2D eigenvalue weighted by atomic mass is 10.1. The standard InChI is InChI=1S/C23H14N4O9/c28-16-8-5-14(6-9-16)25-22(30)17(21(29)24-23(25)31)11-13-3-1-2-4-19(13)36-20-10-7-15(26(32)33)12-18(20)27(34)35/h1-12,28H,(H,24,29,31)/b17-11+. The summed E-state index contributed by atoms with van der Waals surface area (Å²) < 4.78 is 5.63. The molecule has 1 aliphatic heterocycles. The molecule has 0 radical (unpaired) electrons. The number of carbonyl (C=O) groups excluding carboxylic acids is 3. The predicted octanol–water partition coefficient (Wildman–Crippen LogP) is 3.67. The Bertz CT molecular complexity index is 1460. The number of ether oxygens (including phenoxy) is 1. The van der Waals surface area contributed by atoms with Crippen molar-refractivity contribution in [2.75, 3.05) is 4.90 Å². The van der Waals surface area contributed by atoms with Crippen molar-refractivity contribution in [3.8, 4) is 17.2 Å². The minimum Gasteiger partial charge on any atom is -0.508 e. The smallest absolute Gasteiger partial charge is 0.335 e. The highest BCUT2D eigenvalue weighted by molar-refractivity contribution is 6.39. The molecule has 0 unspecified atom stereocenters. The average molecular weight is 490 g/mol. The van der Waals surface area contributed by atoms with Crippen molar-refractivity contribution >= 4 is 41.0 Å². The third-order valence-electron chi connectivity index (χ3n) is 5.00. The molecular weight excluding hydrogens is 476 g/mol. The summed E-state index contributed by atoms with van der Waals surface area (Å²) in [6.07, 6.45) is 1.14. The second-order valence-corrected chi connectivity index (χ2v) is 7.28. The Labute approximate surface area is 201 Å². The van der Waals surface area contributed by atoms with Gasteiger partial charge in [-0.3, -0.25) is 35.1 Å². The van der Waals surface area contributed by atoms with E-state index in [1.54, 1.807) is 6.07 Å². The van der Waals surface area contributed by atoms with E-state index in [1.165, 1.54) is 42.5 Å². The summed E-state index contributed by atoms with van der Waals surface area (Å²) in [7, 11) is 0. The van der Waals surface area contributed by atoms with Gasteiger partial charge < -0.3 is 9.84 Å². The van der Waals surface area contributed by atoms with Gasteiger partial charge in [-0.25, -0.2) is 9.69 Å². The number of nitrogens with one attached hydrogen (secondary N) is 1. The number of amides is 4. The van der Waals surface area contributed by atoms with Crippen LogP contribution in [-0.4, -0.2) is 32.8 Å². The molecule has 4 rings (SSSR count). The Balaban J connectivity index is 1.73. The molecule has 4 amide bonds. The summed E-state index contributed by atoms with van der Waals surface area (Å²) in [5.74, 6) is -2.34. The normalized spacial score (nSPS) is 14.5. The number of carbonyl (C=O) groups is 3. The Morgan fingerprint density at radius 1 is 0.889 bits per heavy atom. The zero-order valence-electron chi connectivity index (χ0n) is 18.0. The van der Waals surface area contributed by atoms with Crippen LogP contribution in [0.2, 0.25) is 0 Å². The van der Waals surface area contributed by atoms with Crippen molar-refractivity contribution in [1.29, 1.82) is 0 Å². The molecule has 180 valence electrons. The summed E-state index contributed by atoms with van der Waals surface area (Å²) in [5, 5.41) is 33.9. The first-order valence-electron chi connectivity index (χ1n) is 10.1. The zero-order valence-corrected chi connectivity index (χ0v) is 18.0. The van der Waals surface area contributed by atoms with Crippen molar-refractivity contribution in [1.82, 2.24) is 5.32 Å². The quantitative estimate of drug-likeness (QED) is 0.225. The number of anilines is 1. The molecule has 0 saturated carbocycles. The molecule has 1 aliphatic rings. The predicted molar refractivity (Wildman–Crippen MR) is 123 cm³/mol. The molecular formula is C23H14N4O9. The van der Waals surface area contributed by atoms with Gasteiger partial charge in [0.1, 0.15) is 17.1 Å². The lowest BCUT2D eigenvalue weighted by molar-refractivity contribution is -0.394. The number of nitro benzene ring substituents is 2. The van der Waals surface area contributed by atoms with Crippen molar-refractivity contribution in [2.24, 2.45) is 0 Å². The number of phenolic OH excluding ortho intramolecular Hbond substituents is 1. The molecule has 1 heterocycles. The van der Waals surface area contributed by atoms with Crippen LogP contribution in [0.15, 0.2) is 72.3 Å². The number of non-ortho nitro benzene ring substituents is 1. The highest BCUT2D eigenvalue weighted by Gasteiger charge is 2.37. The maximum absolute atomic E-state index is 13.1. The van der Waals surface area contributed by atoms with E-state index in [0.29, 0.717) is 4.90 Å². The summed E-state index contributed by atoms with van der Waals surface area (Å²) in [6.45, 7) is 0. The monoisotopic (exact) mass is 490 g/mol. The Hall–Kier alpha value is -5.59. The van der Waals surface area contributed by atoms with Crippen LogP contribution in [0.3, 0.4) is 0 Å². The van der Waals surface area contributed by atoms with Gasteiger partial charge in [-0.1, -0.05) is 18.2 Å². The summed E-state index contributed by atoms with van der Waals surface area (Å²) in [6, 6.07) is 12.9. The second kappa shape index (κ2) is 9.34. The average Bonchev–Trinajstić information content (AvgIpc) is 2.83. The fourth-order valence-corrected chi connectivity index (χ4v) is 3.31. The van der Waals surface area contributed by atoms with E-state index in [-0.39, 0.29) is 28.5 Å². The number of barbiturate groups is 1. The number of para-hydroxylation sites is 1. The fourth-order valence-electron chi connectivity index (χ4n) is 3.31. The van der Waals surface area contributed by atoms with Crippen molar-refractivity contribution in [3.63, 3.8) is 0 Å². The third kappa shape index (κ3) is 4.56. The van der Waals surface area contributed by atoms with Gasteiger partial charge in [-0.05, 0) is 42.5 Å². The number of urea groups is 1. The molecule has 1 saturated heterocycles. The van der Waals surface area contributed by atoms with E-state index in [9.17, 15) is 39.7 Å². The van der Waals surface area contributed by atoms with Crippen LogP contribution >= 0.6 is 0 Å². The maximum atomic E-state index is 13.1. The van der Waals surface area contributed by atoms with Crippen molar-refractivity contribution < 1.29 is 34.1 Å². The first-order valence-corrected chi connectivity index (χ1v) is 10.1. The number of phenols is 1. The van der Waals surface area contributed by atoms with E-state index in [4.69, 9.17) is 4.74 Å². The minimum atomic E-state index is -0.987. The van der Waals surface area contributed by atoms with Gasteiger partial charge in [0, 0.05) is 11.6 Å². The van der Waals surface area contributed by atoms with E-state index < -0.39 is 44.6 Å². The molecule has 13 nitrogen and oxygen atoms in total. The highest BCUT2D eigenvalue weighted by atomic mass is 16.6. The van der Waals surface area contributed by atoms with Gasteiger partial charge in [0.2, 0.25) is 5.75 Å². The molecule has 2 N–H and O–H groups in total. The summed E-state index contributed by atoms with van der Waals surface area (Å²) >= 11 is 0. The van der Waals surface area contributed by atoms with Crippen LogP contribution in [0.1, 0.15) is 5.56 Å². The zero-order chi connectivity index (χ0) is 26.0. The van der Waals surface area contributed by atoms with Crippen molar-refractivity contribution in [3.05, 3.63) is 98.1 Å². The van der Waals surface area contributed by atoms with Crippen LogP contribution in [-0.2, 0) is 9.59 Å². The molecule has 13 heteroatoms. The molecule has 0 aliphatic carbocycles. The molecule has 3 aromatic rings. The van der Waals surface area contributed by atoms with E-state index in [1.807, 2.05) is 0 Å². The van der Waals surface area contributed by atoms with Gasteiger partial charge >= 0.3 is 11.7 Å². The Morgan fingerprint density at radius 3 is 2.25 bits per heavy atom. The first-order chi connectivity index (χ1) is 17.2. The molecule has 0 bridgehead atoms. The number of aromatic hydroxyl groups is 1. The molecule has 1 fully saturated rings. The van der Waals surface area contributed by atoms with Crippen LogP contribution < -0.4 is 15.0 Å². The lowest BCUT2D eigenvalue weighted by Crippen LogP contribution is -2.54. The number of hydrogen-bond donors (Lipinski definition) is 2. The number of benzene rings is 3. The van der Waals surface area contributed by atoms with Gasteiger partial charge in [-0.2, -0.15) is 0 Å². The number of hydrogen-bond acceptors (Lipinski definition) is 9. The molecule has 36 heavy (non-hydrogen) atoms. The molecule has 0 spiro atoms. The van der Waals surface area contributed by atoms with Crippen molar-refractivity contribution in [2.45, 2.75) is 0 Å². The Morgan fingerprint density at radius 2 is 1.58 bits per heavy atom. The van der Waals surface area contributed by atoms with Crippen LogP contribution in [0.5, 0.6) is 17.2 Å². The summed E-state index contributed by atoms with van der Waals surface area (Å²) in [5.41, 5.74) is -1.35. The number of imide groups is 2. The maximum Gasteiger partial charge on any atom is 0.335 e. The van der Waals surface area contributed by atoms with E-state index in [0.717, 1.165) is 24.3 Å². The molecule has 3 aromatic carbocycles. The molecule has 0 atom stereocenters. The topological polar surface area (TPSA) is 182 Å². The van der Waals surface area contributed by atoms with Gasteiger partial charge in [-0.15, -0.1) is 0 Å². The first kappa shape index (κ1) is 23.6. The lowest BCUT2D eigenvalue weighted by Gasteiger charge is -2.26. The Kier molecular flexibility index (Phi) is 6.11. The number of rotatable bonds is 6. The van der Waals surface area contributed by atoms with Gasteiger partial charge in [0.05, 0.1) is 21.6 Å². The van der Waals surface area contributed by atoms with Crippen LogP contribution in [0, 0.1) is 20.2 Å². The van der Waals surface area contributed by atoms with Crippen LogP contribution in [0.4, 0.5) is 21.9 Å². The molecule has 0 aromatic heterocycles. The van der Waals surface area contributed by atoms with Gasteiger partial charge in [0.15, 0.2) is 0 Å². The minimum absolute atomic E-state index is 0.00404. The van der Waals surface area contributed by atoms with E-state index >= 15 is 0 Å². The fraction of sp³-hybridized carbons (Fsp3) is 0. The SMILES string of the molecule is O=C1NC(=O)N(c2ccc(O)cc2)C(=O)/C1=C/c1ccccc1Oc1ccc([N+](=O)[O-])cc1[N+](=O)[O-]. The number of nitro groups is 2. The van der Waals surface area contributed by atoms with Gasteiger partial charge in [0.25, 0.3) is 17.5 Å². The van der Waals surface area contributed by atoms with E-state index in [2.05, 4.69) is 5.32 Å². The largest absolute Gasteiger partial charge is 0.508 e. The second-order valence-electron chi connectivity index (χ2n) is 7.28. The highest BCUT2D eigenvalue weighted by Crippen LogP contribution is 2.36. The summed E-state index contributed by atoms with van der Waals surface area (Å²) in [4.78, 5) is 59.4.